The second-order valence-corrected chi connectivity index (χ2v) is 3.80. The highest BCUT2D eigenvalue weighted by Gasteiger charge is 2.30. The summed E-state index contributed by atoms with van der Waals surface area (Å²) in [5, 5.41) is 0. The van der Waals surface area contributed by atoms with Crippen molar-refractivity contribution in [3.63, 3.8) is 0 Å². The number of nitrogens with one attached hydrogen (secondary N) is 1. The minimum Gasteiger partial charge on any atom is -0.467 e. The number of hydrogen-bond donors (Lipinski definition) is 2. The third-order valence-corrected chi connectivity index (χ3v) is 2.98. The van der Waals surface area contributed by atoms with Crippen molar-refractivity contribution in [2.24, 2.45) is 11.8 Å². The first-order valence-electron chi connectivity index (χ1n) is 4.83. The number of hydrogen-bond acceptors (Lipinski definition) is 3. The van der Waals surface area contributed by atoms with Crippen LogP contribution in [0.15, 0.2) is 16.7 Å². The zero-order valence-corrected chi connectivity index (χ0v) is 7.92. The first-order valence-corrected chi connectivity index (χ1v) is 4.83. The number of aryl methyl sites for hydroxylation is 1. The molecule has 1 aromatic rings. The molecular formula is C10H16N2O. The van der Waals surface area contributed by atoms with Crippen LogP contribution in [0.5, 0.6) is 0 Å². The molecule has 3 nitrogen and oxygen atoms in total. The molecule has 0 bridgehead atoms. The summed E-state index contributed by atoms with van der Waals surface area (Å²) in [4.78, 5) is 0. The summed E-state index contributed by atoms with van der Waals surface area (Å²) in [5.41, 5.74) is 4.04. The Morgan fingerprint density at radius 3 is 2.77 bits per heavy atom. The zero-order valence-electron chi connectivity index (χ0n) is 7.92. The van der Waals surface area contributed by atoms with Crippen LogP contribution in [0.25, 0.3) is 0 Å². The quantitative estimate of drug-likeness (QED) is 0.551. The maximum absolute atomic E-state index is 5.53. The first-order chi connectivity index (χ1) is 6.33. The fourth-order valence-corrected chi connectivity index (χ4v) is 1.90. The minimum atomic E-state index is 0.212. The monoisotopic (exact) mass is 180 g/mol. The van der Waals surface area contributed by atoms with Crippen molar-refractivity contribution < 1.29 is 4.42 Å². The van der Waals surface area contributed by atoms with Crippen LogP contribution in [0, 0.1) is 12.8 Å². The van der Waals surface area contributed by atoms with E-state index in [9.17, 15) is 0 Å². The van der Waals surface area contributed by atoms with Gasteiger partial charge in [0.15, 0.2) is 0 Å². The Morgan fingerprint density at radius 1 is 1.62 bits per heavy atom. The lowest BCUT2D eigenvalue weighted by Gasteiger charge is -2.32. The number of hydrazine groups is 1. The Kier molecular flexibility index (Phi) is 2.38. The lowest BCUT2D eigenvalue weighted by Crippen LogP contribution is -2.36. The summed E-state index contributed by atoms with van der Waals surface area (Å²) in [6.07, 6.45) is 5.57. The molecule has 0 amide bonds. The molecule has 1 aromatic heterocycles. The molecule has 0 aromatic carbocycles. The Bertz CT molecular complexity index is 278. The molecule has 1 unspecified atom stereocenters. The van der Waals surface area contributed by atoms with E-state index in [4.69, 9.17) is 10.3 Å². The number of nitrogens with two attached hydrogens (primary N) is 1. The molecule has 1 saturated carbocycles. The van der Waals surface area contributed by atoms with Crippen molar-refractivity contribution >= 4 is 0 Å². The average Bonchev–Trinajstić information content (AvgIpc) is 2.43. The second kappa shape index (κ2) is 3.52. The van der Waals surface area contributed by atoms with Crippen LogP contribution in [-0.4, -0.2) is 0 Å². The molecule has 0 radical (unpaired) electrons. The van der Waals surface area contributed by atoms with E-state index in [0.29, 0.717) is 5.92 Å². The summed E-state index contributed by atoms with van der Waals surface area (Å²) in [6, 6.07) is 2.20. The third kappa shape index (κ3) is 1.49. The molecule has 1 atom stereocenters. The van der Waals surface area contributed by atoms with Gasteiger partial charge in [-0.3, -0.25) is 5.84 Å². The molecule has 1 aliphatic rings. The van der Waals surface area contributed by atoms with Crippen molar-refractivity contribution in [3.05, 3.63) is 23.7 Å². The van der Waals surface area contributed by atoms with E-state index in [2.05, 4.69) is 12.3 Å². The van der Waals surface area contributed by atoms with Gasteiger partial charge < -0.3 is 4.42 Å². The molecule has 2 rings (SSSR count). The van der Waals surface area contributed by atoms with E-state index in [1.54, 1.807) is 6.26 Å². The molecule has 3 heteroatoms. The summed E-state index contributed by atoms with van der Waals surface area (Å²) in [5.74, 6) is 7.20. The number of furan rings is 1. The Hall–Kier alpha value is -0.800. The Balaban J connectivity index is 2.16. The lowest BCUT2D eigenvalue weighted by molar-refractivity contribution is 0.208. The van der Waals surface area contributed by atoms with Crippen molar-refractivity contribution in [1.82, 2.24) is 5.43 Å². The van der Waals surface area contributed by atoms with E-state index in [-0.39, 0.29) is 6.04 Å². The van der Waals surface area contributed by atoms with Crippen LogP contribution in [0.2, 0.25) is 0 Å². The van der Waals surface area contributed by atoms with Gasteiger partial charge in [-0.2, -0.15) is 0 Å². The van der Waals surface area contributed by atoms with Crippen molar-refractivity contribution in [2.45, 2.75) is 32.2 Å². The van der Waals surface area contributed by atoms with Crippen LogP contribution in [0.1, 0.15) is 36.6 Å². The lowest BCUT2D eigenvalue weighted by atomic mass is 9.78. The molecule has 0 saturated heterocycles. The van der Waals surface area contributed by atoms with Gasteiger partial charge in [0, 0.05) is 0 Å². The SMILES string of the molecule is Cc1ccoc1C(NN)C1CCC1. The van der Waals surface area contributed by atoms with Crippen LogP contribution in [0.3, 0.4) is 0 Å². The fourth-order valence-electron chi connectivity index (χ4n) is 1.90. The highest BCUT2D eigenvalue weighted by Crippen LogP contribution is 2.38. The summed E-state index contributed by atoms with van der Waals surface area (Å²) >= 11 is 0. The maximum atomic E-state index is 5.53. The van der Waals surface area contributed by atoms with Gasteiger partial charge in [0.2, 0.25) is 0 Å². The minimum absolute atomic E-state index is 0.212. The van der Waals surface area contributed by atoms with E-state index >= 15 is 0 Å². The van der Waals surface area contributed by atoms with Crippen molar-refractivity contribution in [3.8, 4) is 0 Å². The predicted molar refractivity (Wildman–Crippen MR) is 50.9 cm³/mol. The van der Waals surface area contributed by atoms with Gasteiger partial charge in [-0.1, -0.05) is 6.42 Å². The van der Waals surface area contributed by atoms with Gasteiger partial charge in [-0.15, -0.1) is 0 Å². The first kappa shape index (κ1) is 8.78. The molecule has 72 valence electrons. The highest BCUT2D eigenvalue weighted by molar-refractivity contribution is 5.19. The fraction of sp³-hybridized carbons (Fsp3) is 0.600. The van der Waals surface area contributed by atoms with Crippen LogP contribution >= 0.6 is 0 Å². The molecule has 1 aliphatic carbocycles. The van der Waals surface area contributed by atoms with E-state index in [1.165, 1.54) is 24.8 Å². The van der Waals surface area contributed by atoms with Gasteiger partial charge in [0.05, 0.1) is 12.3 Å². The van der Waals surface area contributed by atoms with Crippen LogP contribution < -0.4 is 11.3 Å². The van der Waals surface area contributed by atoms with Gasteiger partial charge in [0.1, 0.15) is 5.76 Å². The standard InChI is InChI=1S/C10H16N2O/c1-7-5-6-13-10(7)9(12-11)8-3-2-4-8/h5-6,8-9,12H,2-4,11H2,1H3. The molecule has 0 aliphatic heterocycles. The van der Waals surface area contributed by atoms with E-state index in [1.807, 2.05) is 6.07 Å². The molecule has 0 spiro atoms. The van der Waals surface area contributed by atoms with E-state index < -0.39 is 0 Å². The Morgan fingerprint density at radius 2 is 2.38 bits per heavy atom. The van der Waals surface area contributed by atoms with Gasteiger partial charge in [0.25, 0.3) is 0 Å². The maximum Gasteiger partial charge on any atom is 0.125 e. The smallest absolute Gasteiger partial charge is 0.125 e. The summed E-state index contributed by atoms with van der Waals surface area (Å²) in [6.45, 7) is 2.06. The molecule has 1 heterocycles. The summed E-state index contributed by atoms with van der Waals surface area (Å²) in [7, 11) is 0. The third-order valence-electron chi connectivity index (χ3n) is 2.98. The predicted octanol–water partition coefficient (Wildman–Crippen LogP) is 1.89. The molecular weight excluding hydrogens is 164 g/mol. The zero-order chi connectivity index (χ0) is 9.26. The molecule has 13 heavy (non-hydrogen) atoms. The van der Waals surface area contributed by atoms with Crippen molar-refractivity contribution in [1.29, 1.82) is 0 Å². The highest BCUT2D eigenvalue weighted by atomic mass is 16.3. The van der Waals surface area contributed by atoms with Crippen LogP contribution in [-0.2, 0) is 0 Å². The largest absolute Gasteiger partial charge is 0.467 e. The Labute approximate surface area is 78.3 Å². The number of rotatable bonds is 3. The van der Waals surface area contributed by atoms with Crippen LogP contribution in [0.4, 0.5) is 0 Å². The van der Waals surface area contributed by atoms with E-state index in [0.717, 1.165) is 5.76 Å². The summed E-state index contributed by atoms with van der Waals surface area (Å²) < 4.78 is 5.43. The normalized spacial score (nSPS) is 19.8. The van der Waals surface area contributed by atoms with Gasteiger partial charge in [-0.05, 0) is 37.3 Å². The average molecular weight is 180 g/mol. The second-order valence-electron chi connectivity index (χ2n) is 3.80. The van der Waals surface area contributed by atoms with Crippen molar-refractivity contribution in [2.75, 3.05) is 0 Å². The van der Waals surface area contributed by atoms with Gasteiger partial charge >= 0.3 is 0 Å². The topological polar surface area (TPSA) is 51.2 Å². The van der Waals surface area contributed by atoms with Gasteiger partial charge in [-0.25, -0.2) is 5.43 Å². The molecule has 1 fully saturated rings. The molecule has 3 N–H and O–H groups in total.